The van der Waals surface area contributed by atoms with Crippen molar-refractivity contribution in [2.24, 2.45) is 5.73 Å². The van der Waals surface area contributed by atoms with Gasteiger partial charge in [0, 0.05) is 24.7 Å². The summed E-state index contributed by atoms with van der Waals surface area (Å²) < 4.78 is 10.5. The highest BCUT2D eigenvalue weighted by atomic mass is 16.5. The second-order valence-electron chi connectivity index (χ2n) is 4.82. The molecule has 2 N–H and O–H groups in total. The van der Waals surface area contributed by atoms with Gasteiger partial charge in [-0.2, -0.15) is 0 Å². The van der Waals surface area contributed by atoms with Gasteiger partial charge in [-0.3, -0.25) is 4.79 Å². The number of nitrogens with two attached hydrogens (primary N) is 1. The maximum Gasteiger partial charge on any atom is 0.254 e. The van der Waals surface area contributed by atoms with Crippen LogP contribution in [0, 0.1) is 6.92 Å². The van der Waals surface area contributed by atoms with Crippen molar-refractivity contribution in [3.63, 3.8) is 0 Å². The van der Waals surface area contributed by atoms with Crippen molar-refractivity contribution in [2.45, 2.75) is 19.4 Å². The number of benzene rings is 1. The Balaban J connectivity index is 2.31. The van der Waals surface area contributed by atoms with Crippen LogP contribution in [0.15, 0.2) is 12.1 Å². The van der Waals surface area contributed by atoms with Crippen LogP contribution in [0.1, 0.15) is 22.3 Å². The minimum absolute atomic E-state index is 0.00593. The van der Waals surface area contributed by atoms with Crippen molar-refractivity contribution < 1.29 is 14.3 Å². The maximum absolute atomic E-state index is 12.5. The first-order chi connectivity index (χ1) is 9.06. The SMILES string of the molecule is COc1cc(C)c(C(=O)N2CCC(N)C2)cc1OC. The Kier molecular flexibility index (Phi) is 3.95. The predicted molar refractivity (Wildman–Crippen MR) is 72.8 cm³/mol. The fourth-order valence-electron chi connectivity index (χ4n) is 2.35. The molecule has 0 spiro atoms. The lowest BCUT2D eigenvalue weighted by Crippen LogP contribution is -2.32. The predicted octanol–water partition coefficient (Wildman–Crippen LogP) is 1.19. The number of hydrogen-bond acceptors (Lipinski definition) is 4. The largest absolute Gasteiger partial charge is 0.493 e. The van der Waals surface area contributed by atoms with Gasteiger partial charge in [0.05, 0.1) is 14.2 Å². The van der Waals surface area contributed by atoms with Crippen LogP contribution in [0.2, 0.25) is 0 Å². The van der Waals surface area contributed by atoms with Crippen LogP contribution >= 0.6 is 0 Å². The number of nitrogens with zero attached hydrogens (tertiary/aromatic N) is 1. The van der Waals surface area contributed by atoms with E-state index in [2.05, 4.69) is 0 Å². The zero-order valence-electron chi connectivity index (χ0n) is 11.6. The first-order valence-electron chi connectivity index (χ1n) is 6.34. The third-order valence-corrected chi connectivity index (χ3v) is 3.47. The zero-order valence-corrected chi connectivity index (χ0v) is 11.6. The molecule has 0 bridgehead atoms. The lowest BCUT2D eigenvalue weighted by Gasteiger charge is -2.18. The van der Waals surface area contributed by atoms with Crippen molar-refractivity contribution in [3.8, 4) is 11.5 Å². The summed E-state index contributed by atoms with van der Waals surface area (Å²) in [6.45, 7) is 3.23. The molecule has 0 saturated carbocycles. The molecule has 1 heterocycles. The molecule has 5 nitrogen and oxygen atoms in total. The molecule has 1 fully saturated rings. The lowest BCUT2D eigenvalue weighted by molar-refractivity contribution is 0.0789. The number of amides is 1. The number of rotatable bonds is 3. The molecule has 1 aliphatic heterocycles. The van der Waals surface area contributed by atoms with Crippen molar-refractivity contribution in [3.05, 3.63) is 23.3 Å². The van der Waals surface area contributed by atoms with Gasteiger partial charge < -0.3 is 20.1 Å². The van der Waals surface area contributed by atoms with Crippen molar-refractivity contribution in [2.75, 3.05) is 27.3 Å². The smallest absolute Gasteiger partial charge is 0.254 e. The summed E-state index contributed by atoms with van der Waals surface area (Å²) in [5, 5.41) is 0. The van der Waals surface area contributed by atoms with E-state index in [9.17, 15) is 4.79 Å². The summed E-state index contributed by atoms with van der Waals surface area (Å²) >= 11 is 0. The monoisotopic (exact) mass is 264 g/mol. The average Bonchev–Trinajstić information content (AvgIpc) is 2.84. The minimum atomic E-state index is 0.00593. The molecule has 19 heavy (non-hydrogen) atoms. The molecule has 0 radical (unpaired) electrons. The standard InChI is InChI=1S/C14H20N2O3/c1-9-6-12(18-2)13(19-3)7-11(9)14(17)16-5-4-10(15)8-16/h6-7,10H,4-5,8,15H2,1-3H3. The van der Waals surface area contributed by atoms with Gasteiger partial charge in [-0.1, -0.05) is 0 Å². The van der Waals surface area contributed by atoms with Gasteiger partial charge in [-0.05, 0) is 31.0 Å². The van der Waals surface area contributed by atoms with E-state index in [1.165, 1.54) is 0 Å². The third-order valence-electron chi connectivity index (χ3n) is 3.47. The van der Waals surface area contributed by atoms with Crippen LogP contribution in [-0.2, 0) is 0 Å². The molecule has 1 aromatic carbocycles. The number of carbonyl (C=O) groups excluding carboxylic acids is 1. The fraction of sp³-hybridized carbons (Fsp3) is 0.500. The summed E-state index contributed by atoms with van der Waals surface area (Å²) in [6, 6.07) is 3.65. The molecule has 104 valence electrons. The molecule has 5 heteroatoms. The summed E-state index contributed by atoms with van der Waals surface area (Å²) in [5.41, 5.74) is 7.37. The first-order valence-corrected chi connectivity index (χ1v) is 6.34. The molecule has 2 rings (SSSR count). The number of aryl methyl sites for hydroxylation is 1. The van der Waals surface area contributed by atoms with E-state index in [0.717, 1.165) is 12.0 Å². The molecule has 1 aliphatic rings. The zero-order chi connectivity index (χ0) is 14.0. The molecule has 1 saturated heterocycles. The number of methoxy groups -OCH3 is 2. The maximum atomic E-state index is 12.5. The van der Waals surface area contributed by atoms with Crippen molar-refractivity contribution >= 4 is 5.91 Å². The highest BCUT2D eigenvalue weighted by Crippen LogP contribution is 2.31. The number of likely N-dealkylation sites (tertiary alicyclic amines) is 1. The number of carbonyl (C=O) groups is 1. The summed E-state index contributed by atoms with van der Waals surface area (Å²) in [7, 11) is 3.14. The Labute approximate surface area is 113 Å². The third kappa shape index (κ3) is 2.66. The molecule has 0 aromatic heterocycles. The Bertz CT molecular complexity index is 488. The topological polar surface area (TPSA) is 64.8 Å². The Morgan fingerprint density at radius 1 is 1.32 bits per heavy atom. The fourth-order valence-corrected chi connectivity index (χ4v) is 2.35. The van der Waals surface area contributed by atoms with E-state index in [1.807, 2.05) is 13.0 Å². The number of ether oxygens (including phenoxy) is 2. The Hall–Kier alpha value is -1.75. The molecule has 1 aromatic rings. The van der Waals surface area contributed by atoms with Gasteiger partial charge in [0.1, 0.15) is 0 Å². The van der Waals surface area contributed by atoms with Crippen LogP contribution in [0.3, 0.4) is 0 Å². The molecule has 1 amide bonds. The second kappa shape index (κ2) is 5.48. The Morgan fingerprint density at radius 3 is 2.47 bits per heavy atom. The molecule has 1 unspecified atom stereocenters. The van der Waals surface area contributed by atoms with Gasteiger partial charge in [0.25, 0.3) is 5.91 Å². The number of hydrogen-bond donors (Lipinski definition) is 1. The highest BCUT2D eigenvalue weighted by Gasteiger charge is 2.26. The van der Waals surface area contributed by atoms with E-state index < -0.39 is 0 Å². The van der Waals surface area contributed by atoms with E-state index in [4.69, 9.17) is 15.2 Å². The molecule has 0 aliphatic carbocycles. The van der Waals surface area contributed by atoms with Gasteiger partial charge in [-0.15, -0.1) is 0 Å². The van der Waals surface area contributed by atoms with E-state index >= 15 is 0 Å². The van der Waals surface area contributed by atoms with E-state index in [-0.39, 0.29) is 11.9 Å². The Morgan fingerprint density at radius 2 is 1.95 bits per heavy atom. The van der Waals surface area contributed by atoms with Crippen molar-refractivity contribution in [1.82, 2.24) is 4.90 Å². The summed E-state index contributed by atoms with van der Waals surface area (Å²) in [5.74, 6) is 1.21. The van der Waals surface area contributed by atoms with Crippen LogP contribution in [0.5, 0.6) is 11.5 Å². The van der Waals surface area contributed by atoms with Crippen molar-refractivity contribution in [1.29, 1.82) is 0 Å². The van der Waals surface area contributed by atoms with Crippen LogP contribution in [0.4, 0.5) is 0 Å². The molecular formula is C14H20N2O3. The van der Waals surface area contributed by atoms with Gasteiger partial charge in [0.2, 0.25) is 0 Å². The van der Waals surface area contributed by atoms with Crippen LogP contribution in [0.25, 0.3) is 0 Å². The normalized spacial score (nSPS) is 18.5. The first kappa shape index (κ1) is 13.7. The summed E-state index contributed by atoms with van der Waals surface area (Å²) in [4.78, 5) is 14.2. The quantitative estimate of drug-likeness (QED) is 0.890. The van der Waals surface area contributed by atoms with Gasteiger partial charge >= 0.3 is 0 Å². The van der Waals surface area contributed by atoms with Gasteiger partial charge in [-0.25, -0.2) is 0 Å². The lowest BCUT2D eigenvalue weighted by atomic mass is 10.1. The minimum Gasteiger partial charge on any atom is -0.493 e. The van der Waals surface area contributed by atoms with Crippen LogP contribution < -0.4 is 15.2 Å². The van der Waals surface area contributed by atoms with E-state index in [1.54, 1.807) is 25.2 Å². The average molecular weight is 264 g/mol. The molecular weight excluding hydrogens is 244 g/mol. The molecule has 1 atom stereocenters. The second-order valence-corrected chi connectivity index (χ2v) is 4.82. The van der Waals surface area contributed by atoms with Gasteiger partial charge in [0.15, 0.2) is 11.5 Å². The van der Waals surface area contributed by atoms with Crippen LogP contribution in [-0.4, -0.2) is 44.2 Å². The van der Waals surface area contributed by atoms with E-state index in [0.29, 0.717) is 30.2 Å². The highest BCUT2D eigenvalue weighted by molar-refractivity contribution is 5.96. The summed E-state index contributed by atoms with van der Waals surface area (Å²) in [6.07, 6.45) is 0.859.